The van der Waals surface area contributed by atoms with Crippen LogP contribution in [0, 0.1) is 6.92 Å². The highest BCUT2D eigenvalue weighted by Gasteiger charge is 2.32. The van der Waals surface area contributed by atoms with E-state index in [1.54, 1.807) is 25.1 Å². The summed E-state index contributed by atoms with van der Waals surface area (Å²) in [5, 5.41) is 2.80. The van der Waals surface area contributed by atoms with Crippen LogP contribution >= 0.6 is 7.75 Å². The molecule has 0 radical (unpaired) electrons. The monoisotopic (exact) mass is 391 g/mol. The fourth-order valence-corrected chi connectivity index (χ4v) is 4.22. The SMILES string of the molecule is Cc1cn([C@H]2C=C[C@@H](COP3(=O)Nc4ccccc4CO3)O2)c(=O)[nH]c1=O. The molecule has 1 unspecified atom stereocenters. The Morgan fingerprint density at radius 3 is 2.96 bits per heavy atom. The van der Waals surface area contributed by atoms with Gasteiger partial charge in [-0.1, -0.05) is 24.3 Å². The van der Waals surface area contributed by atoms with E-state index in [1.807, 2.05) is 18.2 Å². The number of aromatic nitrogens is 2. The number of hydrogen-bond acceptors (Lipinski definition) is 6. The normalized spacial score (nSPS) is 26.6. The number of nitrogens with zero attached hydrogens (tertiary/aromatic N) is 1. The van der Waals surface area contributed by atoms with Gasteiger partial charge in [0.2, 0.25) is 0 Å². The average Bonchev–Trinajstić information content (AvgIpc) is 3.12. The predicted molar refractivity (Wildman–Crippen MR) is 97.5 cm³/mol. The van der Waals surface area contributed by atoms with E-state index in [2.05, 4.69) is 10.1 Å². The van der Waals surface area contributed by atoms with E-state index in [-0.39, 0.29) is 13.2 Å². The highest BCUT2D eigenvalue weighted by atomic mass is 31.2. The number of hydrogen-bond donors (Lipinski definition) is 2. The molecule has 1 aromatic heterocycles. The second-order valence-corrected chi connectivity index (χ2v) is 8.00. The van der Waals surface area contributed by atoms with Gasteiger partial charge in [0.1, 0.15) is 6.10 Å². The first-order valence-electron chi connectivity index (χ1n) is 8.35. The zero-order valence-electron chi connectivity index (χ0n) is 14.5. The van der Waals surface area contributed by atoms with Gasteiger partial charge in [0, 0.05) is 23.0 Å². The van der Waals surface area contributed by atoms with Gasteiger partial charge in [-0.3, -0.25) is 28.5 Å². The van der Waals surface area contributed by atoms with Crippen LogP contribution in [0.1, 0.15) is 17.4 Å². The smallest absolute Gasteiger partial charge is 0.344 e. The summed E-state index contributed by atoms with van der Waals surface area (Å²) in [5.74, 6) is 0. The maximum Gasteiger partial charge on any atom is 0.433 e. The summed E-state index contributed by atoms with van der Waals surface area (Å²) in [7, 11) is -3.49. The Hall–Kier alpha value is -2.45. The molecule has 142 valence electrons. The Kier molecular flexibility index (Phi) is 4.61. The summed E-state index contributed by atoms with van der Waals surface area (Å²) in [6.45, 7) is 1.77. The van der Waals surface area contributed by atoms with E-state index in [0.29, 0.717) is 11.3 Å². The zero-order chi connectivity index (χ0) is 19.0. The number of H-pyrrole nitrogens is 1. The van der Waals surface area contributed by atoms with Crippen molar-refractivity contribution in [3.63, 3.8) is 0 Å². The Balaban J connectivity index is 1.39. The third-order valence-corrected chi connectivity index (χ3v) is 5.77. The number of anilines is 1. The molecule has 0 saturated carbocycles. The molecule has 2 aliphatic heterocycles. The average molecular weight is 391 g/mol. The second-order valence-electron chi connectivity index (χ2n) is 6.26. The Bertz CT molecular complexity index is 1060. The highest BCUT2D eigenvalue weighted by molar-refractivity contribution is 7.55. The molecule has 0 amide bonds. The van der Waals surface area contributed by atoms with Crippen molar-refractivity contribution in [2.45, 2.75) is 25.9 Å². The molecule has 27 heavy (non-hydrogen) atoms. The fourth-order valence-electron chi connectivity index (χ4n) is 2.85. The van der Waals surface area contributed by atoms with E-state index in [0.717, 1.165) is 5.56 Å². The summed E-state index contributed by atoms with van der Waals surface area (Å²) in [5.41, 5.74) is 1.01. The molecule has 2 aromatic rings. The summed E-state index contributed by atoms with van der Waals surface area (Å²) < 4.78 is 30.5. The molecular weight excluding hydrogens is 373 g/mol. The summed E-state index contributed by atoms with van der Waals surface area (Å²) in [4.78, 5) is 25.6. The molecule has 9 nitrogen and oxygen atoms in total. The highest BCUT2D eigenvalue weighted by Crippen LogP contribution is 2.52. The molecule has 4 rings (SSSR count). The van der Waals surface area contributed by atoms with Gasteiger partial charge in [0.05, 0.1) is 13.2 Å². The molecule has 0 aliphatic carbocycles. The van der Waals surface area contributed by atoms with Crippen LogP contribution in [0.15, 0.2) is 52.2 Å². The van der Waals surface area contributed by atoms with Gasteiger partial charge in [-0.05, 0) is 19.1 Å². The number of para-hydroxylation sites is 1. The van der Waals surface area contributed by atoms with Gasteiger partial charge in [0.25, 0.3) is 5.56 Å². The van der Waals surface area contributed by atoms with Gasteiger partial charge in [-0.2, -0.15) is 0 Å². The quantitative estimate of drug-likeness (QED) is 0.606. The first kappa shape index (κ1) is 17.9. The summed E-state index contributed by atoms with van der Waals surface area (Å²) >= 11 is 0. The lowest BCUT2D eigenvalue weighted by Gasteiger charge is -2.27. The molecule has 3 heterocycles. The van der Waals surface area contributed by atoms with Crippen molar-refractivity contribution in [2.75, 3.05) is 11.7 Å². The lowest BCUT2D eigenvalue weighted by molar-refractivity contribution is -0.00843. The number of aryl methyl sites for hydroxylation is 1. The van der Waals surface area contributed by atoms with E-state index < -0.39 is 31.3 Å². The molecule has 0 spiro atoms. The van der Waals surface area contributed by atoms with Crippen LogP contribution in [0.2, 0.25) is 0 Å². The molecule has 0 bridgehead atoms. The molecule has 2 aliphatic rings. The molecule has 2 N–H and O–H groups in total. The van der Waals surface area contributed by atoms with Crippen LogP contribution in [0.5, 0.6) is 0 Å². The number of rotatable bonds is 4. The number of benzene rings is 1. The van der Waals surface area contributed by atoms with Gasteiger partial charge in [-0.25, -0.2) is 9.36 Å². The standard InChI is InChI=1S/C17H18N3O6P/c1-11-8-20(17(22)18-16(11)21)15-7-6-13(26-15)10-25-27(23)19-14-5-3-2-4-12(14)9-24-27/h2-8,13,15H,9-10H2,1H3,(H,19,23)(H,18,21,22)/t13-,15+,27?/m0/s1. The van der Waals surface area contributed by atoms with Crippen LogP contribution in [-0.4, -0.2) is 22.3 Å². The second kappa shape index (κ2) is 6.94. The van der Waals surface area contributed by atoms with Crippen LogP contribution in [-0.2, 0) is 25.0 Å². The number of fused-ring (bicyclic) bond motifs is 1. The molecule has 0 fully saturated rings. The van der Waals surface area contributed by atoms with Gasteiger partial charge < -0.3 is 4.74 Å². The Morgan fingerprint density at radius 1 is 1.30 bits per heavy atom. The van der Waals surface area contributed by atoms with Crippen molar-refractivity contribution < 1.29 is 18.3 Å². The lowest BCUT2D eigenvalue weighted by atomic mass is 10.2. The van der Waals surface area contributed by atoms with Crippen molar-refractivity contribution in [3.05, 3.63) is 74.6 Å². The number of ether oxygens (including phenoxy) is 1. The van der Waals surface area contributed by atoms with E-state index >= 15 is 0 Å². The lowest BCUT2D eigenvalue weighted by Crippen LogP contribution is -2.33. The minimum Gasteiger partial charge on any atom is -0.344 e. The third kappa shape index (κ3) is 3.68. The number of aromatic amines is 1. The minimum atomic E-state index is -3.49. The van der Waals surface area contributed by atoms with Crippen molar-refractivity contribution in [1.29, 1.82) is 0 Å². The molecule has 0 saturated heterocycles. The van der Waals surface area contributed by atoms with E-state index in [1.165, 1.54) is 10.8 Å². The van der Waals surface area contributed by atoms with Crippen LogP contribution < -0.4 is 16.3 Å². The van der Waals surface area contributed by atoms with E-state index in [9.17, 15) is 14.2 Å². The fraction of sp³-hybridized carbons (Fsp3) is 0.294. The topological polar surface area (TPSA) is 112 Å². The summed E-state index contributed by atoms with van der Waals surface area (Å²) in [6, 6.07) is 7.39. The maximum atomic E-state index is 12.7. The Labute approximate surface area is 154 Å². The molecule has 3 atom stereocenters. The molecule has 1 aromatic carbocycles. The third-order valence-electron chi connectivity index (χ3n) is 4.30. The number of nitrogens with one attached hydrogen (secondary N) is 2. The van der Waals surface area contributed by atoms with Crippen molar-refractivity contribution in [3.8, 4) is 0 Å². The van der Waals surface area contributed by atoms with Gasteiger partial charge in [-0.15, -0.1) is 0 Å². The predicted octanol–water partition coefficient (Wildman–Crippen LogP) is 2.07. The maximum absolute atomic E-state index is 12.7. The van der Waals surface area contributed by atoms with Gasteiger partial charge in [0.15, 0.2) is 6.23 Å². The largest absolute Gasteiger partial charge is 0.433 e. The molecular formula is C17H18N3O6P. The van der Waals surface area contributed by atoms with Crippen LogP contribution in [0.25, 0.3) is 0 Å². The first-order chi connectivity index (χ1) is 12.9. The van der Waals surface area contributed by atoms with Crippen molar-refractivity contribution >= 4 is 13.4 Å². The molecule has 10 heteroatoms. The minimum absolute atomic E-state index is 0.0173. The van der Waals surface area contributed by atoms with Crippen LogP contribution in [0.4, 0.5) is 5.69 Å². The first-order valence-corrected chi connectivity index (χ1v) is 9.89. The van der Waals surface area contributed by atoms with Crippen molar-refractivity contribution in [2.24, 2.45) is 0 Å². The summed E-state index contributed by atoms with van der Waals surface area (Å²) in [6.07, 6.45) is 3.63. The van der Waals surface area contributed by atoms with Crippen LogP contribution in [0.3, 0.4) is 0 Å². The van der Waals surface area contributed by atoms with Gasteiger partial charge >= 0.3 is 13.4 Å². The Morgan fingerprint density at radius 2 is 2.11 bits per heavy atom. The van der Waals surface area contributed by atoms with Crippen molar-refractivity contribution in [1.82, 2.24) is 9.55 Å². The van der Waals surface area contributed by atoms with E-state index in [4.69, 9.17) is 13.8 Å². The zero-order valence-corrected chi connectivity index (χ0v) is 15.3.